The second-order valence-corrected chi connectivity index (χ2v) is 19.4. The fourth-order valence-corrected chi connectivity index (χ4v) is 14.8. The molecule has 2 aromatic rings. The maximum absolute atomic E-state index is 11.2. The first-order valence-electron chi connectivity index (χ1n) is 21.3. The smallest absolute Gasteiger partial charge is 0.115 e. The van der Waals surface area contributed by atoms with Crippen LogP contribution in [0.25, 0.3) is 0 Å². The molecule has 6 aliphatic carbocycles. The molecular weight excluding hydrogens is 645 g/mol. The predicted molar refractivity (Wildman–Crippen MR) is 205 cm³/mol. The van der Waals surface area contributed by atoms with Gasteiger partial charge in [-0.2, -0.15) is 0 Å². The number of phenols is 1. The van der Waals surface area contributed by atoms with Crippen molar-refractivity contribution in [2.75, 3.05) is 13.2 Å². The summed E-state index contributed by atoms with van der Waals surface area (Å²) >= 11 is 0. The predicted octanol–water partition coefficient (Wildman–Crippen LogP) is 7.82. The van der Waals surface area contributed by atoms with Crippen molar-refractivity contribution in [3.63, 3.8) is 0 Å². The molecule has 52 heavy (non-hydrogen) atoms. The number of aliphatic hydroxyl groups is 2. The molecule has 12 atom stereocenters. The van der Waals surface area contributed by atoms with Crippen LogP contribution in [0.2, 0.25) is 0 Å². The summed E-state index contributed by atoms with van der Waals surface area (Å²) in [6, 6.07) is 8.36. The minimum Gasteiger partial charge on any atom is -0.508 e. The highest BCUT2D eigenvalue weighted by Crippen LogP contribution is 2.71. The van der Waals surface area contributed by atoms with E-state index in [2.05, 4.69) is 49.0 Å². The zero-order chi connectivity index (χ0) is 35.9. The molecule has 0 amide bonds. The van der Waals surface area contributed by atoms with Crippen LogP contribution in [0, 0.1) is 64.6 Å². The molecular formula is C46H64N2O4. The van der Waals surface area contributed by atoms with Gasteiger partial charge in [-0.05, 0) is 173 Å². The minimum absolute atomic E-state index is 0.0135. The first-order chi connectivity index (χ1) is 25.1. The van der Waals surface area contributed by atoms with Crippen molar-refractivity contribution in [2.45, 2.75) is 146 Å². The number of ether oxygens (including phenoxy) is 1. The van der Waals surface area contributed by atoms with Crippen LogP contribution in [-0.2, 0) is 24.0 Å². The average molecular weight is 709 g/mol. The van der Waals surface area contributed by atoms with E-state index in [0.717, 1.165) is 69.8 Å². The molecule has 7 fully saturated rings. The Morgan fingerprint density at radius 1 is 0.981 bits per heavy atom. The first kappa shape index (κ1) is 35.4. The summed E-state index contributed by atoms with van der Waals surface area (Å²) in [6.07, 6.45) is 20.9. The Balaban J connectivity index is 1.19. The number of nitrogens with one attached hydrogen (secondary N) is 1. The number of aromatic nitrogens is 1. The monoisotopic (exact) mass is 708 g/mol. The van der Waals surface area contributed by atoms with Gasteiger partial charge in [0.15, 0.2) is 0 Å². The molecule has 2 saturated heterocycles. The van der Waals surface area contributed by atoms with Gasteiger partial charge in [-0.15, -0.1) is 0 Å². The maximum Gasteiger partial charge on any atom is 0.115 e. The molecule has 6 N–H and O–H groups in total. The van der Waals surface area contributed by atoms with Crippen LogP contribution in [0.4, 0.5) is 0 Å². The molecule has 6 bridgehead atoms. The Kier molecular flexibility index (Phi) is 8.97. The number of hydrogen-bond acceptors (Lipinski definition) is 5. The number of aromatic amines is 1. The first-order valence-corrected chi connectivity index (χ1v) is 21.3. The number of phenolic OH excluding ortho intramolecular Hbond substituents is 1. The minimum atomic E-state index is -0.650. The third-order valence-electron chi connectivity index (χ3n) is 16.8. The van der Waals surface area contributed by atoms with E-state index in [1.807, 2.05) is 12.1 Å². The third kappa shape index (κ3) is 5.49. The van der Waals surface area contributed by atoms with E-state index in [1.165, 1.54) is 55.3 Å². The van der Waals surface area contributed by atoms with Crippen LogP contribution in [0.1, 0.15) is 132 Å². The Morgan fingerprint density at radius 2 is 1.83 bits per heavy atom. The maximum atomic E-state index is 11.2. The molecule has 12 unspecified atom stereocenters. The highest BCUT2D eigenvalue weighted by molar-refractivity contribution is 5.40. The second-order valence-electron chi connectivity index (χ2n) is 19.4. The van der Waals surface area contributed by atoms with E-state index in [0.29, 0.717) is 53.1 Å². The van der Waals surface area contributed by atoms with Crippen molar-refractivity contribution >= 4 is 0 Å². The number of benzene rings is 1. The van der Waals surface area contributed by atoms with Gasteiger partial charge in [-0.1, -0.05) is 37.7 Å². The van der Waals surface area contributed by atoms with Crippen LogP contribution in [-0.4, -0.2) is 50.3 Å². The van der Waals surface area contributed by atoms with Gasteiger partial charge in [0.1, 0.15) is 5.75 Å². The molecule has 2 aliphatic heterocycles. The zero-order valence-electron chi connectivity index (χ0n) is 31.8. The Hall–Kier alpha value is -2.30. The van der Waals surface area contributed by atoms with Gasteiger partial charge in [0, 0.05) is 48.9 Å². The van der Waals surface area contributed by atoms with Gasteiger partial charge in [0.2, 0.25) is 0 Å². The van der Waals surface area contributed by atoms with Crippen molar-refractivity contribution in [2.24, 2.45) is 58.5 Å². The summed E-state index contributed by atoms with van der Waals surface area (Å²) in [5, 5.41) is 32.1. The Morgan fingerprint density at radius 3 is 2.60 bits per heavy atom. The fourth-order valence-electron chi connectivity index (χ4n) is 14.8. The highest BCUT2D eigenvalue weighted by atomic mass is 16.5. The second kappa shape index (κ2) is 13.2. The molecule has 8 aliphatic rings. The molecule has 3 heterocycles. The summed E-state index contributed by atoms with van der Waals surface area (Å²) in [7, 11) is 0. The lowest BCUT2D eigenvalue weighted by molar-refractivity contribution is -0.362. The lowest BCUT2D eigenvalue weighted by atomic mass is 9.38. The van der Waals surface area contributed by atoms with E-state index in [4.69, 9.17) is 10.5 Å². The summed E-state index contributed by atoms with van der Waals surface area (Å²) in [5.74, 6) is 10.4. The summed E-state index contributed by atoms with van der Waals surface area (Å²) < 4.78 is 8.22. The van der Waals surface area contributed by atoms with Crippen molar-refractivity contribution in [3.05, 3.63) is 52.8 Å². The molecule has 6 nitrogen and oxygen atoms in total. The van der Waals surface area contributed by atoms with Crippen LogP contribution in [0.15, 0.2) is 30.5 Å². The van der Waals surface area contributed by atoms with Gasteiger partial charge in [0.05, 0.1) is 17.1 Å². The largest absolute Gasteiger partial charge is 0.508 e. The van der Waals surface area contributed by atoms with E-state index < -0.39 is 16.7 Å². The summed E-state index contributed by atoms with van der Waals surface area (Å²) in [4.78, 5) is 3.67. The molecule has 5 saturated carbocycles. The number of nitrogens with two attached hydrogens (primary N) is 1. The fraction of sp³-hybridized carbons (Fsp3) is 0.739. The van der Waals surface area contributed by atoms with E-state index in [-0.39, 0.29) is 31.0 Å². The summed E-state index contributed by atoms with van der Waals surface area (Å²) in [5.41, 5.74) is 12.2. The van der Waals surface area contributed by atoms with Gasteiger partial charge in [-0.25, -0.2) is 0 Å². The SMILES string of the molecule is CCc1c[nH]c(C2CC(CCO)CC(C3(C)OC45CC6CCC(CO)C(N)(C63)C4C#CCc3cc(O)ccc3CC3CC5CC4(CCCC4)C3)C2)c1. The van der Waals surface area contributed by atoms with Crippen molar-refractivity contribution in [1.82, 2.24) is 4.98 Å². The number of H-pyrrole nitrogens is 1. The number of aromatic hydroxyl groups is 1. The lowest BCUT2D eigenvalue weighted by Crippen LogP contribution is -2.84. The topological polar surface area (TPSA) is 112 Å². The zero-order valence-corrected chi connectivity index (χ0v) is 31.8. The molecule has 282 valence electrons. The number of hydrogen-bond donors (Lipinski definition) is 5. The Bertz CT molecular complexity index is 1700. The number of fused-ring (bicyclic) bond motifs is 4. The molecule has 6 heteroatoms. The van der Waals surface area contributed by atoms with Crippen molar-refractivity contribution in [3.8, 4) is 17.6 Å². The third-order valence-corrected chi connectivity index (χ3v) is 16.8. The van der Waals surface area contributed by atoms with Gasteiger partial charge in [-0.3, -0.25) is 0 Å². The molecule has 10 rings (SSSR count). The molecule has 2 spiro atoms. The van der Waals surface area contributed by atoms with E-state index in [1.54, 1.807) is 0 Å². The number of aliphatic hydroxyl groups excluding tert-OH is 2. The van der Waals surface area contributed by atoms with Gasteiger partial charge >= 0.3 is 0 Å². The van der Waals surface area contributed by atoms with E-state index >= 15 is 0 Å². The molecule has 1 aromatic heterocycles. The average Bonchev–Trinajstić information content (AvgIpc) is 3.80. The summed E-state index contributed by atoms with van der Waals surface area (Å²) in [6.45, 7) is 5.00. The normalized spacial score (nSPS) is 43.2. The van der Waals surface area contributed by atoms with Gasteiger partial charge in [0.25, 0.3) is 0 Å². The van der Waals surface area contributed by atoms with Crippen molar-refractivity contribution < 1.29 is 20.1 Å². The lowest BCUT2D eigenvalue weighted by Gasteiger charge is -2.75. The molecule has 1 aromatic carbocycles. The quantitative estimate of drug-likeness (QED) is 0.197. The standard InChI is InChI=1S/C46H64N2O4/c1-3-29-21-40(48-27-29)35-17-30(13-16-49)19-37(22-35)43(2)42-34-9-11-36(28-50)46(42,47)41-8-6-7-32-23-39(51)12-10-33(32)18-31-20-38(45(41,25-34)52-43)26-44(24-31)14-4-5-15-44/h10,12,21,23,27,30-31,34-38,41-42,48-51H,3-5,7,9,11,13-20,22,24-26,28,47H2,1-2H3. The van der Waals surface area contributed by atoms with E-state index in [9.17, 15) is 15.3 Å². The van der Waals surface area contributed by atoms with Crippen LogP contribution in [0.5, 0.6) is 5.75 Å². The van der Waals surface area contributed by atoms with Crippen LogP contribution in [0.3, 0.4) is 0 Å². The molecule has 0 radical (unpaired) electrons. The number of aryl methyl sites for hydroxylation is 1. The highest BCUT2D eigenvalue weighted by Gasteiger charge is 2.76. The van der Waals surface area contributed by atoms with Crippen molar-refractivity contribution in [1.29, 1.82) is 0 Å². The van der Waals surface area contributed by atoms with Crippen LogP contribution >= 0.6 is 0 Å². The Labute approximate surface area is 312 Å². The van der Waals surface area contributed by atoms with Gasteiger partial charge < -0.3 is 30.8 Å². The van der Waals surface area contributed by atoms with Crippen LogP contribution < -0.4 is 5.73 Å². The number of rotatable bonds is 6.